The summed E-state index contributed by atoms with van der Waals surface area (Å²) in [6.07, 6.45) is 1.87. The number of hydrogen-bond donors (Lipinski definition) is 2. The molecule has 1 amide bonds. The van der Waals surface area contributed by atoms with Crippen molar-refractivity contribution in [2.24, 2.45) is 0 Å². The lowest BCUT2D eigenvalue weighted by molar-refractivity contribution is -0.121. The largest absolute Gasteiger partial charge is 0.351 e. The van der Waals surface area contributed by atoms with Crippen molar-refractivity contribution in [2.45, 2.75) is 41.1 Å². The van der Waals surface area contributed by atoms with Crippen LogP contribution in [-0.4, -0.2) is 72.6 Å². The second kappa shape index (κ2) is 7.95. The zero-order valence-corrected chi connectivity index (χ0v) is 18.2. The molecule has 1 aliphatic heterocycles. The Labute approximate surface area is 170 Å². The van der Waals surface area contributed by atoms with E-state index in [2.05, 4.69) is 10.0 Å². The van der Waals surface area contributed by atoms with E-state index in [1.165, 1.54) is 31.3 Å². The number of carbonyl (C=O) groups excluding carboxylic acids is 1. The Morgan fingerprint density at radius 2 is 1.62 bits per heavy atom. The zero-order chi connectivity index (χ0) is 21.4. The lowest BCUT2D eigenvalue weighted by Crippen LogP contribution is -2.43. The second-order valence-corrected chi connectivity index (χ2v) is 13.3. The van der Waals surface area contributed by atoms with Crippen LogP contribution in [-0.2, 0) is 34.7 Å². The molecule has 1 aromatic carbocycles. The molecule has 2 fully saturated rings. The van der Waals surface area contributed by atoms with Gasteiger partial charge in [0.15, 0.2) is 9.84 Å². The van der Waals surface area contributed by atoms with E-state index in [4.69, 9.17) is 0 Å². The molecule has 0 bridgehead atoms. The zero-order valence-electron chi connectivity index (χ0n) is 15.7. The minimum atomic E-state index is -4.02. The summed E-state index contributed by atoms with van der Waals surface area (Å²) in [4.78, 5) is 11.9. The quantitative estimate of drug-likeness (QED) is 0.503. The molecule has 2 aliphatic rings. The summed E-state index contributed by atoms with van der Waals surface area (Å²) in [6.45, 7) is -0.484. The fourth-order valence-electron chi connectivity index (χ4n) is 2.93. The van der Waals surface area contributed by atoms with Crippen molar-refractivity contribution in [1.82, 2.24) is 14.3 Å². The Kier molecular flexibility index (Phi) is 6.07. The van der Waals surface area contributed by atoms with Crippen molar-refractivity contribution < 1.29 is 30.0 Å². The lowest BCUT2D eigenvalue weighted by Gasteiger charge is -2.18. The van der Waals surface area contributed by atoms with Gasteiger partial charge in [0.1, 0.15) is 0 Å². The van der Waals surface area contributed by atoms with Gasteiger partial charge in [-0.2, -0.15) is 4.31 Å². The number of carbonyl (C=O) groups is 1. The van der Waals surface area contributed by atoms with Gasteiger partial charge in [-0.25, -0.2) is 30.0 Å². The first-order chi connectivity index (χ1) is 13.4. The fraction of sp³-hybridized carbons (Fsp3) is 0.562. The average Bonchev–Trinajstić information content (AvgIpc) is 3.36. The Hall–Kier alpha value is -1.54. The van der Waals surface area contributed by atoms with E-state index >= 15 is 0 Å². The molecule has 162 valence electrons. The van der Waals surface area contributed by atoms with Gasteiger partial charge in [-0.05, 0) is 43.5 Å². The molecule has 29 heavy (non-hydrogen) atoms. The van der Waals surface area contributed by atoms with Crippen LogP contribution < -0.4 is 10.0 Å². The third-order valence-electron chi connectivity index (χ3n) is 4.71. The number of nitrogens with zero attached hydrogens (tertiary/aromatic N) is 1. The van der Waals surface area contributed by atoms with E-state index in [-0.39, 0.29) is 27.3 Å². The molecule has 0 aromatic heterocycles. The molecule has 2 N–H and O–H groups in total. The molecule has 13 heteroatoms. The molecule has 1 saturated heterocycles. The number of sulfonamides is 2. The van der Waals surface area contributed by atoms with Gasteiger partial charge in [0.05, 0.1) is 27.8 Å². The smallest absolute Gasteiger partial charge is 0.243 e. The van der Waals surface area contributed by atoms with Crippen LogP contribution in [0.25, 0.3) is 0 Å². The van der Waals surface area contributed by atoms with Crippen LogP contribution in [0.3, 0.4) is 0 Å². The highest BCUT2D eigenvalue weighted by molar-refractivity contribution is 7.91. The first-order valence-electron chi connectivity index (χ1n) is 8.98. The van der Waals surface area contributed by atoms with Crippen molar-refractivity contribution in [3.8, 4) is 0 Å². The first kappa shape index (κ1) is 22.2. The molecule has 1 saturated carbocycles. The topological polar surface area (TPSA) is 147 Å². The van der Waals surface area contributed by atoms with Crippen LogP contribution in [0.4, 0.5) is 0 Å². The van der Waals surface area contributed by atoms with Crippen LogP contribution in [0.1, 0.15) is 19.3 Å². The minimum Gasteiger partial charge on any atom is -0.351 e. The number of benzene rings is 1. The maximum Gasteiger partial charge on any atom is 0.243 e. The number of nitrogens with one attached hydrogen (secondary N) is 2. The minimum absolute atomic E-state index is 0.00303. The molecule has 1 aromatic rings. The molecule has 1 aliphatic carbocycles. The maximum absolute atomic E-state index is 12.6. The van der Waals surface area contributed by atoms with Gasteiger partial charge >= 0.3 is 0 Å². The van der Waals surface area contributed by atoms with E-state index in [9.17, 15) is 30.0 Å². The third kappa shape index (κ3) is 5.54. The third-order valence-corrected chi connectivity index (χ3v) is 9.83. The number of rotatable bonds is 8. The summed E-state index contributed by atoms with van der Waals surface area (Å²) >= 11 is 0. The SMILES string of the molecule is CN(CC(=O)NC1CCS(=O)(=O)C1)S(=O)(=O)c1ccc(S(=O)(=O)NC2CC2)cc1. The molecule has 1 unspecified atom stereocenters. The molecule has 0 radical (unpaired) electrons. The Balaban J connectivity index is 1.63. The van der Waals surface area contributed by atoms with Gasteiger partial charge in [-0.15, -0.1) is 0 Å². The number of hydrogen-bond acceptors (Lipinski definition) is 7. The summed E-state index contributed by atoms with van der Waals surface area (Å²) < 4.78 is 75.8. The Bertz CT molecular complexity index is 1090. The monoisotopic (exact) mass is 465 g/mol. The van der Waals surface area contributed by atoms with E-state index in [0.29, 0.717) is 6.42 Å². The van der Waals surface area contributed by atoms with Crippen LogP contribution in [0, 0.1) is 0 Å². The van der Waals surface area contributed by atoms with E-state index < -0.39 is 48.4 Å². The van der Waals surface area contributed by atoms with E-state index in [1.54, 1.807) is 0 Å². The van der Waals surface area contributed by atoms with Gasteiger partial charge < -0.3 is 5.32 Å². The van der Waals surface area contributed by atoms with Crippen molar-refractivity contribution in [2.75, 3.05) is 25.1 Å². The number of sulfone groups is 1. The average molecular weight is 466 g/mol. The fourth-order valence-corrected chi connectivity index (χ4v) is 7.03. The number of amides is 1. The van der Waals surface area contributed by atoms with Gasteiger partial charge in [-0.3, -0.25) is 4.79 Å². The highest BCUT2D eigenvalue weighted by Crippen LogP contribution is 2.23. The maximum atomic E-state index is 12.6. The highest BCUT2D eigenvalue weighted by atomic mass is 32.2. The lowest BCUT2D eigenvalue weighted by atomic mass is 10.2. The highest BCUT2D eigenvalue weighted by Gasteiger charge is 2.31. The molecule has 0 spiro atoms. The summed E-state index contributed by atoms with van der Waals surface area (Å²) in [7, 11) is -9.66. The van der Waals surface area contributed by atoms with Crippen molar-refractivity contribution >= 4 is 35.8 Å². The van der Waals surface area contributed by atoms with Gasteiger partial charge in [-0.1, -0.05) is 0 Å². The van der Waals surface area contributed by atoms with Crippen molar-refractivity contribution in [3.63, 3.8) is 0 Å². The predicted octanol–water partition coefficient (Wildman–Crippen LogP) is -0.949. The second-order valence-electron chi connectivity index (χ2n) is 7.30. The van der Waals surface area contributed by atoms with Gasteiger partial charge in [0.2, 0.25) is 26.0 Å². The molecule has 3 rings (SSSR count). The summed E-state index contributed by atoms with van der Waals surface area (Å²) in [5, 5.41) is 2.53. The van der Waals surface area contributed by atoms with Crippen molar-refractivity contribution in [3.05, 3.63) is 24.3 Å². The standard InChI is InChI=1S/C16H23N3O7S3/c1-19(10-16(20)17-13-8-9-27(21,22)11-13)29(25,26)15-6-4-14(5-7-15)28(23,24)18-12-2-3-12/h4-7,12-13,18H,2-3,8-11H2,1H3,(H,17,20). The summed E-state index contributed by atoms with van der Waals surface area (Å²) in [5.74, 6) is -0.761. The van der Waals surface area contributed by atoms with E-state index in [1.807, 2.05) is 0 Å². The molecule has 10 nitrogen and oxygen atoms in total. The van der Waals surface area contributed by atoms with Crippen LogP contribution in [0.2, 0.25) is 0 Å². The van der Waals surface area contributed by atoms with Crippen LogP contribution in [0.15, 0.2) is 34.1 Å². The molecular formula is C16H23N3O7S3. The van der Waals surface area contributed by atoms with Crippen LogP contribution in [0.5, 0.6) is 0 Å². The Morgan fingerprint density at radius 3 is 2.14 bits per heavy atom. The van der Waals surface area contributed by atoms with Gasteiger partial charge in [0, 0.05) is 19.1 Å². The molecular weight excluding hydrogens is 442 g/mol. The normalized spacial score (nSPS) is 21.9. The summed E-state index contributed by atoms with van der Waals surface area (Å²) in [5.41, 5.74) is 0. The van der Waals surface area contributed by atoms with Crippen LogP contribution >= 0.6 is 0 Å². The van der Waals surface area contributed by atoms with E-state index in [0.717, 1.165) is 17.1 Å². The summed E-state index contributed by atoms with van der Waals surface area (Å²) in [6, 6.07) is 4.17. The Morgan fingerprint density at radius 1 is 1.03 bits per heavy atom. The predicted molar refractivity (Wildman–Crippen MR) is 105 cm³/mol. The molecule has 1 heterocycles. The first-order valence-corrected chi connectivity index (χ1v) is 13.7. The van der Waals surface area contributed by atoms with Gasteiger partial charge in [0.25, 0.3) is 0 Å². The molecule has 1 atom stereocenters. The van der Waals surface area contributed by atoms with Crippen molar-refractivity contribution in [1.29, 1.82) is 0 Å². The number of likely N-dealkylation sites (N-methyl/N-ethyl adjacent to an activating group) is 1.